The highest BCUT2D eigenvalue weighted by Crippen LogP contribution is 2.52. The second-order valence-corrected chi connectivity index (χ2v) is 19.8. The molecule has 22 heteroatoms. The Kier molecular flexibility index (Phi) is 15.5. The highest BCUT2D eigenvalue weighted by Gasteiger charge is 2.50. The Balaban J connectivity index is 1.18. The number of para-hydroxylation sites is 1. The van der Waals surface area contributed by atoms with Crippen molar-refractivity contribution in [2.75, 3.05) is 58.2 Å². The number of nitrogens with one attached hydrogen (secondary N) is 5. The Labute approximate surface area is 432 Å². The second-order valence-electron chi connectivity index (χ2n) is 19.8. The van der Waals surface area contributed by atoms with E-state index in [0.717, 1.165) is 11.1 Å². The minimum atomic E-state index is -1.66. The van der Waals surface area contributed by atoms with Gasteiger partial charge in [-0.05, 0) is 66.8 Å². The molecule has 0 spiro atoms. The summed E-state index contributed by atoms with van der Waals surface area (Å²) in [4.78, 5) is 57.3. The van der Waals surface area contributed by atoms with E-state index >= 15 is 9.59 Å². The smallest absolute Gasteiger partial charge is 0.242 e. The summed E-state index contributed by atoms with van der Waals surface area (Å²) in [5.74, 6) is -3.37. The maximum Gasteiger partial charge on any atom is 0.242 e. The number of carbonyl (C=O) groups excluding carboxylic acids is 4. The summed E-state index contributed by atoms with van der Waals surface area (Å²) in [6, 6.07) is 12.5. The number of hydrogen-bond donors (Lipinski definition) is 12. The SMILES string of the molecule is CN[C@@H]1C=C[C@H](CO[C@@H]2[C@H]3Oc4c(cc5c(c4OC[C@H](O)CC=O)C(=O)c4cc(CO)ccc4C5=O)[C@H](c4ccccc4N4CN[C@@H]5C(=O)N[C@H](N)N[C@H]54)[C@@H](CCCO)COC[C@H](O3)[C@H](O)[C@H]2O)C2=CCNC(N)=C21. The van der Waals surface area contributed by atoms with E-state index in [1.165, 1.54) is 12.1 Å². The number of benzene rings is 3. The molecule has 0 unspecified atom stereocenters. The van der Waals surface area contributed by atoms with Crippen LogP contribution < -0.4 is 52.4 Å². The van der Waals surface area contributed by atoms with Gasteiger partial charge in [-0.2, -0.15) is 0 Å². The van der Waals surface area contributed by atoms with Gasteiger partial charge in [0.25, 0.3) is 0 Å². The molecule has 75 heavy (non-hydrogen) atoms. The number of aliphatic hydroxyl groups excluding tert-OH is 5. The number of fused-ring (bicyclic) bond motifs is 7. The van der Waals surface area contributed by atoms with Crippen LogP contribution in [-0.2, 0) is 30.4 Å². The van der Waals surface area contributed by atoms with Crippen LogP contribution in [-0.4, -0.2) is 164 Å². The van der Waals surface area contributed by atoms with E-state index in [1.807, 2.05) is 54.4 Å². The first-order valence-electron chi connectivity index (χ1n) is 25.3. The van der Waals surface area contributed by atoms with E-state index < -0.39 is 91.9 Å². The number of nitrogens with zero attached hydrogens (tertiary/aromatic N) is 1. The Morgan fingerprint density at radius 3 is 2.61 bits per heavy atom. The summed E-state index contributed by atoms with van der Waals surface area (Å²) in [6.07, 6.45) is -3.72. The molecule has 0 radical (unpaired) electrons. The molecular weight excluding hydrogens is 973 g/mol. The van der Waals surface area contributed by atoms with Crippen LogP contribution in [0.15, 0.2) is 83.7 Å². The molecule has 14 N–H and O–H groups in total. The summed E-state index contributed by atoms with van der Waals surface area (Å²) < 4.78 is 33.4. The van der Waals surface area contributed by atoms with Crippen molar-refractivity contribution in [3.8, 4) is 11.5 Å². The Bertz CT molecular complexity index is 2790. The van der Waals surface area contributed by atoms with E-state index in [1.54, 1.807) is 12.1 Å². The van der Waals surface area contributed by atoms with Gasteiger partial charge in [-0.25, -0.2) is 0 Å². The highest BCUT2D eigenvalue weighted by molar-refractivity contribution is 6.29. The lowest BCUT2D eigenvalue weighted by Gasteiger charge is -2.43. The van der Waals surface area contributed by atoms with Crippen LogP contribution in [0.1, 0.15) is 73.7 Å². The van der Waals surface area contributed by atoms with Crippen molar-refractivity contribution in [2.45, 2.75) is 93.1 Å². The second kappa shape index (κ2) is 22.2. The fourth-order valence-corrected chi connectivity index (χ4v) is 11.5. The number of amides is 1. The fourth-order valence-electron chi connectivity index (χ4n) is 11.5. The Morgan fingerprint density at radius 2 is 1.83 bits per heavy atom. The van der Waals surface area contributed by atoms with Gasteiger partial charge in [0, 0.05) is 64.9 Å². The molecule has 7 aliphatic rings. The molecule has 13 atom stereocenters. The van der Waals surface area contributed by atoms with Crippen LogP contribution in [0.25, 0.3) is 0 Å². The van der Waals surface area contributed by atoms with E-state index in [4.69, 9.17) is 35.2 Å². The van der Waals surface area contributed by atoms with Gasteiger partial charge in [-0.3, -0.25) is 30.8 Å². The molecule has 5 heterocycles. The lowest BCUT2D eigenvalue weighted by Crippen LogP contribution is -2.70. The third-order valence-corrected chi connectivity index (χ3v) is 15.2. The molecule has 0 aromatic heterocycles. The van der Waals surface area contributed by atoms with Crippen molar-refractivity contribution in [1.82, 2.24) is 26.6 Å². The van der Waals surface area contributed by atoms with Gasteiger partial charge in [0.15, 0.2) is 23.1 Å². The number of dihydropyridines is 1. The molecule has 2 bridgehead atoms. The molecule has 400 valence electrons. The normalized spacial score (nSPS) is 30.5. The van der Waals surface area contributed by atoms with Gasteiger partial charge in [-0.15, -0.1) is 0 Å². The summed E-state index contributed by atoms with van der Waals surface area (Å²) in [5, 5.41) is 71.4. The largest absolute Gasteiger partial charge is 0.486 e. The number of nitrogens with two attached hydrogens (primary N) is 2. The Hall–Kier alpha value is -6.12. The standard InChI is InChI=1S/C53H64N8O14/c1-56-35-11-9-26(29-12-14-57-49(54)39(29)35)21-72-48-45(69)44(68)37-23-71-20-27(5-4-15-62)38(31-6-2-3-7-36(31)61-24-58-41-50(61)59-53(55)60-51(41)70)34-18-33-40(43(67)32-17-25(19-64)8-10-30(32)42(33)66)47(46(34)75-52(48)74-37)73-22-28(65)13-16-63/h2-3,6-12,16-18,26-28,35,37-38,41,44-45,48,50,52-53,56-59,62,64-65,68-69H,4-5,13-15,19-24,54-55H2,1H3,(H,60,70)/t26-,27+,28-,35-,37+,38+,41+,44+,45-,48+,50+,52-,53-/m1/s1. The van der Waals surface area contributed by atoms with Crippen molar-refractivity contribution in [2.24, 2.45) is 23.3 Å². The quantitative estimate of drug-likeness (QED) is 0.0478. The number of aliphatic hydroxyl groups is 5. The Morgan fingerprint density at radius 1 is 1.00 bits per heavy atom. The monoisotopic (exact) mass is 1040 g/mol. The first kappa shape index (κ1) is 52.3. The summed E-state index contributed by atoms with van der Waals surface area (Å²) >= 11 is 0. The number of anilines is 1. The van der Waals surface area contributed by atoms with E-state index in [-0.39, 0.29) is 103 Å². The van der Waals surface area contributed by atoms with E-state index in [0.29, 0.717) is 41.9 Å². The summed E-state index contributed by atoms with van der Waals surface area (Å²) in [5.41, 5.74) is 16.1. The predicted octanol–water partition coefficient (Wildman–Crippen LogP) is -1.46. The lowest BCUT2D eigenvalue weighted by molar-refractivity contribution is -0.290. The number of ketones is 2. The minimum Gasteiger partial charge on any atom is -0.486 e. The third-order valence-electron chi connectivity index (χ3n) is 15.2. The zero-order valence-corrected chi connectivity index (χ0v) is 41.2. The van der Waals surface area contributed by atoms with Crippen molar-refractivity contribution < 1.29 is 68.4 Å². The molecule has 1 amide bonds. The van der Waals surface area contributed by atoms with E-state index in [9.17, 15) is 35.1 Å². The maximum absolute atomic E-state index is 15.2. The first-order chi connectivity index (χ1) is 36.3. The van der Waals surface area contributed by atoms with Crippen molar-refractivity contribution >= 4 is 29.4 Å². The molecule has 3 fully saturated rings. The number of carbonyl (C=O) groups is 4. The predicted molar refractivity (Wildman–Crippen MR) is 268 cm³/mol. The van der Waals surface area contributed by atoms with Crippen LogP contribution in [0.3, 0.4) is 0 Å². The van der Waals surface area contributed by atoms with Gasteiger partial charge in [-0.1, -0.05) is 42.5 Å². The molecule has 2 aliphatic carbocycles. The first-order valence-corrected chi connectivity index (χ1v) is 25.3. The molecule has 5 aliphatic heterocycles. The van der Waals surface area contributed by atoms with Crippen molar-refractivity contribution in [1.29, 1.82) is 0 Å². The molecular formula is C53H64N8O14. The number of rotatable bonds is 15. The van der Waals surface area contributed by atoms with Gasteiger partial charge >= 0.3 is 0 Å². The lowest BCUT2D eigenvalue weighted by atomic mass is 9.74. The number of hydrogen-bond acceptors (Lipinski definition) is 21. The number of ether oxygens (including phenoxy) is 5. The highest BCUT2D eigenvalue weighted by atomic mass is 16.7. The van der Waals surface area contributed by atoms with Crippen LogP contribution in [0.5, 0.6) is 11.5 Å². The zero-order chi connectivity index (χ0) is 52.7. The molecule has 3 saturated heterocycles. The van der Waals surface area contributed by atoms with Gasteiger partial charge in [0.05, 0.1) is 50.8 Å². The minimum absolute atomic E-state index is 0.0283. The average molecular weight is 1040 g/mol. The zero-order valence-electron chi connectivity index (χ0n) is 41.2. The van der Waals surface area contributed by atoms with Crippen LogP contribution >= 0.6 is 0 Å². The average Bonchev–Trinajstić information content (AvgIpc) is 3.84. The van der Waals surface area contributed by atoms with Gasteiger partial charge < -0.3 is 80.6 Å². The number of aldehydes is 1. The van der Waals surface area contributed by atoms with E-state index in [2.05, 4.69) is 26.6 Å². The van der Waals surface area contributed by atoms with Crippen LogP contribution in [0.2, 0.25) is 0 Å². The van der Waals surface area contributed by atoms with Gasteiger partial charge in [0.1, 0.15) is 61.6 Å². The molecule has 0 saturated carbocycles. The molecule has 22 nitrogen and oxygen atoms in total. The summed E-state index contributed by atoms with van der Waals surface area (Å²) in [7, 11) is 1.82. The molecule has 10 rings (SSSR count). The number of likely N-dealkylation sites (N-methyl/N-ethyl adjacent to an activating group) is 1. The molecule has 3 aromatic carbocycles. The van der Waals surface area contributed by atoms with Crippen LogP contribution in [0, 0.1) is 11.8 Å². The summed E-state index contributed by atoms with van der Waals surface area (Å²) in [6.45, 7) is -0.899. The van der Waals surface area contributed by atoms with Crippen molar-refractivity contribution in [3.05, 3.63) is 123 Å². The van der Waals surface area contributed by atoms with Crippen molar-refractivity contribution in [3.63, 3.8) is 0 Å². The fraction of sp³-hybridized carbons (Fsp3) is 0.472. The maximum atomic E-state index is 15.2. The topological polar surface area (TPSA) is 331 Å². The van der Waals surface area contributed by atoms with Crippen LogP contribution in [0.4, 0.5) is 5.69 Å². The third kappa shape index (κ3) is 9.86. The van der Waals surface area contributed by atoms with Gasteiger partial charge in [0.2, 0.25) is 12.2 Å². The molecule has 3 aromatic rings.